The molecule has 6 nitrogen and oxygen atoms in total. The summed E-state index contributed by atoms with van der Waals surface area (Å²) in [7, 11) is 1.75. The molecular weight excluding hydrogens is 268 g/mol. The number of carbonyl (C=O) groups is 1. The minimum Gasteiger partial charge on any atom is -0.396 e. The van der Waals surface area contributed by atoms with Crippen molar-refractivity contribution in [3.05, 3.63) is 42.2 Å². The monoisotopic (exact) mass is 288 g/mol. The Morgan fingerprint density at radius 2 is 2.00 bits per heavy atom. The van der Waals surface area contributed by atoms with Crippen LogP contribution in [0.25, 0.3) is 5.69 Å². The van der Waals surface area contributed by atoms with Gasteiger partial charge in [0.1, 0.15) is 0 Å². The molecule has 0 saturated carbocycles. The van der Waals surface area contributed by atoms with Crippen LogP contribution < -0.4 is 0 Å². The van der Waals surface area contributed by atoms with Gasteiger partial charge in [0, 0.05) is 20.2 Å². The van der Waals surface area contributed by atoms with Crippen molar-refractivity contribution in [1.29, 1.82) is 0 Å². The number of benzene rings is 1. The maximum atomic E-state index is 12.2. The van der Waals surface area contributed by atoms with Crippen molar-refractivity contribution in [2.45, 2.75) is 19.3 Å². The van der Waals surface area contributed by atoms with E-state index in [1.807, 2.05) is 30.3 Å². The second kappa shape index (κ2) is 7.54. The quantitative estimate of drug-likeness (QED) is 0.784. The number of rotatable bonds is 7. The van der Waals surface area contributed by atoms with E-state index in [9.17, 15) is 4.79 Å². The molecule has 21 heavy (non-hydrogen) atoms. The molecule has 0 saturated heterocycles. The summed E-state index contributed by atoms with van der Waals surface area (Å²) in [5.74, 6) is -0.138. The molecule has 0 atom stereocenters. The molecule has 0 spiro atoms. The van der Waals surface area contributed by atoms with Crippen LogP contribution in [0.5, 0.6) is 0 Å². The predicted molar refractivity (Wildman–Crippen MR) is 79.3 cm³/mol. The first-order chi connectivity index (χ1) is 10.2. The van der Waals surface area contributed by atoms with Crippen LogP contribution in [0.15, 0.2) is 36.5 Å². The molecule has 0 aliphatic carbocycles. The third-order valence-electron chi connectivity index (χ3n) is 3.20. The predicted octanol–water partition coefficient (Wildman–Crippen LogP) is 1.50. The Kier molecular flexibility index (Phi) is 5.45. The zero-order valence-corrected chi connectivity index (χ0v) is 12.1. The lowest BCUT2D eigenvalue weighted by molar-refractivity contribution is 0.0786. The van der Waals surface area contributed by atoms with Gasteiger partial charge in [-0.2, -0.15) is 9.90 Å². The molecule has 0 fully saturated rings. The zero-order chi connectivity index (χ0) is 15.1. The number of nitrogens with zero attached hydrogens (tertiary/aromatic N) is 4. The Morgan fingerprint density at radius 1 is 1.24 bits per heavy atom. The van der Waals surface area contributed by atoms with Crippen molar-refractivity contribution in [3.63, 3.8) is 0 Å². The second-order valence-corrected chi connectivity index (χ2v) is 4.87. The molecule has 0 bridgehead atoms. The number of hydrogen-bond donors (Lipinski definition) is 1. The summed E-state index contributed by atoms with van der Waals surface area (Å²) in [6, 6.07) is 9.47. The summed E-state index contributed by atoms with van der Waals surface area (Å²) in [6.07, 6.45) is 4.03. The summed E-state index contributed by atoms with van der Waals surface area (Å²) in [5, 5.41) is 17.1. The van der Waals surface area contributed by atoms with Crippen LogP contribution in [-0.2, 0) is 0 Å². The Balaban J connectivity index is 1.95. The van der Waals surface area contributed by atoms with Crippen LogP contribution in [0.2, 0.25) is 0 Å². The summed E-state index contributed by atoms with van der Waals surface area (Å²) in [5.41, 5.74) is 1.16. The number of aromatic nitrogens is 3. The van der Waals surface area contributed by atoms with Crippen molar-refractivity contribution in [2.75, 3.05) is 20.2 Å². The van der Waals surface area contributed by atoms with Crippen LogP contribution in [0.1, 0.15) is 29.8 Å². The third kappa shape index (κ3) is 4.13. The first-order valence-electron chi connectivity index (χ1n) is 7.06. The molecule has 0 unspecified atom stereocenters. The van der Waals surface area contributed by atoms with Crippen LogP contribution in [0.3, 0.4) is 0 Å². The highest BCUT2D eigenvalue weighted by Crippen LogP contribution is 2.06. The van der Waals surface area contributed by atoms with Crippen molar-refractivity contribution < 1.29 is 9.90 Å². The van der Waals surface area contributed by atoms with Crippen molar-refractivity contribution in [3.8, 4) is 5.69 Å². The van der Waals surface area contributed by atoms with Crippen LogP contribution in [0.4, 0.5) is 0 Å². The molecule has 1 aromatic carbocycles. The van der Waals surface area contributed by atoms with Crippen LogP contribution in [0, 0.1) is 0 Å². The highest BCUT2D eigenvalue weighted by atomic mass is 16.2. The Labute approximate surface area is 124 Å². The number of aliphatic hydroxyl groups is 1. The number of unbranched alkanes of at least 4 members (excludes halogenated alkanes) is 2. The molecule has 0 radical (unpaired) electrons. The van der Waals surface area contributed by atoms with Gasteiger partial charge in [0.25, 0.3) is 5.91 Å². The second-order valence-electron chi connectivity index (χ2n) is 4.87. The maximum Gasteiger partial charge on any atom is 0.275 e. The normalized spacial score (nSPS) is 10.6. The van der Waals surface area contributed by atoms with E-state index in [0.717, 1.165) is 24.9 Å². The number of amides is 1. The zero-order valence-electron chi connectivity index (χ0n) is 12.1. The maximum absolute atomic E-state index is 12.2. The van der Waals surface area contributed by atoms with Gasteiger partial charge in [-0.25, -0.2) is 0 Å². The Morgan fingerprint density at radius 3 is 2.71 bits per heavy atom. The highest BCUT2D eigenvalue weighted by Gasteiger charge is 2.15. The van der Waals surface area contributed by atoms with Gasteiger partial charge in [0.15, 0.2) is 5.69 Å². The van der Waals surface area contributed by atoms with E-state index in [2.05, 4.69) is 10.2 Å². The van der Waals surface area contributed by atoms with Crippen LogP contribution >= 0.6 is 0 Å². The third-order valence-corrected chi connectivity index (χ3v) is 3.20. The van der Waals surface area contributed by atoms with Gasteiger partial charge in [-0.3, -0.25) is 4.79 Å². The van der Waals surface area contributed by atoms with E-state index < -0.39 is 0 Å². The van der Waals surface area contributed by atoms with Crippen molar-refractivity contribution >= 4 is 5.91 Å². The fourth-order valence-electron chi connectivity index (χ4n) is 1.98. The van der Waals surface area contributed by atoms with Crippen molar-refractivity contribution in [1.82, 2.24) is 19.9 Å². The van der Waals surface area contributed by atoms with Crippen LogP contribution in [-0.4, -0.2) is 51.1 Å². The minimum atomic E-state index is -0.138. The molecule has 0 aliphatic rings. The van der Waals surface area contributed by atoms with E-state index in [-0.39, 0.29) is 12.5 Å². The molecule has 0 aliphatic heterocycles. The molecule has 1 amide bonds. The average Bonchev–Trinajstić information content (AvgIpc) is 3.01. The van der Waals surface area contributed by atoms with Crippen molar-refractivity contribution in [2.24, 2.45) is 0 Å². The van der Waals surface area contributed by atoms with Gasteiger partial charge in [0.05, 0.1) is 11.9 Å². The largest absolute Gasteiger partial charge is 0.396 e. The number of hydrogen-bond acceptors (Lipinski definition) is 4. The Hall–Kier alpha value is -2.21. The minimum absolute atomic E-state index is 0.138. The van der Waals surface area contributed by atoms with Gasteiger partial charge in [-0.1, -0.05) is 18.2 Å². The van der Waals surface area contributed by atoms with E-state index in [1.54, 1.807) is 11.9 Å². The lowest BCUT2D eigenvalue weighted by Crippen LogP contribution is -2.28. The molecule has 1 N–H and O–H groups in total. The van der Waals surface area contributed by atoms with E-state index in [0.29, 0.717) is 12.2 Å². The topological polar surface area (TPSA) is 71.2 Å². The molecule has 1 aromatic heterocycles. The van der Waals surface area contributed by atoms with Gasteiger partial charge in [-0.05, 0) is 31.4 Å². The standard InChI is InChI=1S/C15H20N4O2/c1-18(10-6-3-7-11-20)15(21)14-12-16-19(17-14)13-8-4-2-5-9-13/h2,4-5,8-9,12,20H,3,6-7,10-11H2,1H3. The molecule has 2 aromatic rings. The van der Waals surface area contributed by atoms with E-state index in [1.165, 1.54) is 11.0 Å². The smallest absolute Gasteiger partial charge is 0.275 e. The molecule has 2 rings (SSSR count). The lowest BCUT2D eigenvalue weighted by Gasteiger charge is -2.15. The first-order valence-corrected chi connectivity index (χ1v) is 7.06. The summed E-state index contributed by atoms with van der Waals surface area (Å²) in [6.45, 7) is 0.847. The summed E-state index contributed by atoms with van der Waals surface area (Å²) in [4.78, 5) is 15.3. The van der Waals surface area contributed by atoms with Gasteiger partial charge in [0.2, 0.25) is 0 Å². The molecule has 1 heterocycles. The Bertz CT molecular complexity index is 568. The fourth-order valence-corrected chi connectivity index (χ4v) is 1.98. The van der Waals surface area contributed by atoms with Gasteiger partial charge in [-0.15, -0.1) is 5.10 Å². The summed E-state index contributed by atoms with van der Waals surface area (Å²) < 4.78 is 0. The number of para-hydroxylation sites is 1. The summed E-state index contributed by atoms with van der Waals surface area (Å²) >= 11 is 0. The fraction of sp³-hybridized carbons (Fsp3) is 0.400. The van der Waals surface area contributed by atoms with Gasteiger partial charge < -0.3 is 10.0 Å². The first kappa shape index (κ1) is 15.2. The van der Waals surface area contributed by atoms with E-state index >= 15 is 0 Å². The number of carbonyl (C=O) groups excluding carboxylic acids is 1. The molecular formula is C15H20N4O2. The highest BCUT2D eigenvalue weighted by molar-refractivity contribution is 5.91. The SMILES string of the molecule is CN(CCCCCO)C(=O)c1cnn(-c2ccccc2)n1. The average molecular weight is 288 g/mol. The molecule has 112 valence electrons. The van der Waals surface area contributed by atoms with Gasteiger partial charge >= 0.3 is 0 Å². The lowest BCUT2D eigenvalue weighted by atomic mass is 10.2. The van der Waals surface area contributed by atoms with E-state index in [4.69, 9.17) is 5.11 Å². The molecule has 6 heteroatoms. The number of aliphatic hydroxyl groups excluding tert-OH is 1.